The number of carboxylic acids is 1. The highest BCUT2D eigenvalue weighted by Gasteiger charge is 2.67. The molecule has 0 aromatic heterocycles. The van der Waals surface area contributed by atoms with Gasteiger partial charge in [0.25, 0.3) is 0 Å². The van der Waals surface area contributed by atoms with Crippen molar-refractivity contribution < 1.29 is 77.3 Å². The number of esters is 6. The van der Waals surface area contributed by atoms with Crippen LogP contribution in [0.25, 0.3) is 0 Å². The van der Waals surface area contributed by atoms with Crippen LogP contribution in [0.2, 0.25) is 0 Å². The van der Waals surface area contributed by atoms with E-state index in [9.17, 15) is 48.9 Å². The Morgan fingerprint density at radius 2 is 1.10 bits per heavy atom. The zero-order chi connectivity index (χ0) is 55.2. The highest BCUT2D eigenvalue weighted by molar-refractivity contribution is 5.96. The van der Waals surface area contributed by atoms with Gasteiger partial charge in [0.15, 0.2) is 0 Å². The second kappa shape index (κ2) is 22.0. The molecule has 430 valence electrons. The SMILES string of the molecule is CC1C(=O)OC(=O)C1CC1C(CC2C(CC3C(CC4C(C)C5CC(C(=O)OC(C)(C)C)C4C5)C4CC(C(=O)OCCO)C3C4)C3CC(C(=O)O)C2C3)C2CC1C(C(=O)OCC(O)CN1CCOCC1)C2C(=O)OC(C)(C)C. The molecule has 2 aliphatic heterocycles. The molecule has 17 heteroatoms. The summed E-state index contributed by atoms with van der Waals surface area (Å²) in [6, 6.07) is 0. The molecule has 0 radical (unpaired) electrons. The van der Waals surface area contributed by atoms with Crippen molar-refractivity contribution in [2.45, 2.75) is 143 Å². The van der Waals surface area contributed by atoms with Gasteiger partial charge in [-0.1, -0.05) is 13.8 Å². The number of hydrogen-bond donors (Lipinski definition) is 3. The number of aliphatic carboxylic acids is 1. The average Bonchev–Trinajstić information content (AvgIpc) is 4.28. The molecule has 8 saturated carbocycles. The number of ether oxygens (including phenoxy) is 6. The van der Waals surface area contributed by atoms with Gasteiger partial charge in [-0.05, 0) is 207 Å². The second-order valence-electron chi connectivity index (χ2n) is 28.2. The van der Waals surface area contributed by atoms with Crippen molar-refractivity contribution in [3.63, 3.8) is 0 Å². The molecule has 77 heavy (non-hydrogen) atoms. The molecule has 10 rings (SSSR count). The fraction of sp³-hybridized carbons (Fsp3) is 0.883. The Morgan fingerprint density at radius 1 is 0.597 bits per heavy atom. The van der Waals surface area contributed by atoms with E-state index in [1.165, 1.54) is 0 Å². The van der Waals surface area contributed by atoms with Gasteiger partial charge in [0.2, 0.25) is 0 Å². The van der Waals surface area contributed by atoms with Crippen LogP contribution >= 0.6 is 0 Å². The van der Waals surface area contributed by atoms with Crippen molar-refractivity contribution >= 4 is 41.8 Å². The predicted molar refractivity (Wildman–Crippen MR) is 275 cm³/mol. The monoisotopic (exact) mass is 1080 g/mol. The molecular weight excluding hydrogens is 991 g/mol. The zero-order valence-electron chi connectivity index (χ0n) is 46.9. The third-order valence-corrected chi connectivity index (χ3v) is 22.1. The largest absolute Gasteiger partial charge is 0.481 e. The second-order valence-corrected chi connectivity index (χ2v) is 28.2. The fourth-order valence-electron chi connectivity index (χ4n) is 19.2. The van der Waals surface area contributed by atoms with Crippen molar-refractivity contribution in [3.8, 4) is 0 Å². The third-order valence-electron chi connectivity index (χ3n) is 22.1. The van der Waals surface area contributed by atoms with Crippen molar-refractivity contribution in [2.24, 2.45) is 136 Å². The maximum absolute atomic E-state index is 14.7. The molecule has 10 fully saturated rings. The van der Waals surface area contributed by atoms with Gasteiger partial charge in [0.1, 0.15) is 30.5 Å². The maximum Gasteiger partial charge on any atom is 0.317 e. The fourth-order valence-corrected chi connectivity index (χ4v) is 19.2. The smallest absolute Gasteiger partial charge is 0.317 e. The number of β-amino-alcohol motifs (C(OH)–C–C–N with tert-alkyl or cyclic N) is 1. The number of carbonyl (C=O) groups is 7. The van der Waals surface area contributed by atoms with E-state index in [-0.39, 0.29) is 122 Å². The van der Waals surface area contributed by atoms with Crippen molar-refractivity contribution in [3.05, 3.63) is 0 Å². The van der Waals surface area contributed by atoms with Gasteiger partial charge in [-0.3, -0.25) is 38.5 Å². The quantitative estimate of drug-likeness (QED) is 0.0739. The molecule has 24 unspecified atom stereocenters. The number of rotatable bonds is 19. The summed E-state index contributed by atoms with van der Waals surface area (Å²) in [4.78, 5) is 98.8. The number of aliphatic hydroxyl groups excluding tert-OH is 2. The topological polar surface area (TPSA) is 239 Å². The number of carboxylic acid groups (broad SMARTS) is 1. The molecule has 2 heterocycles. The van der Waals surface area contributed by atoms with Crippen molar-refractivity contribution in [1.29, 1.82) is 0 Å². The summed E-state index contributed by atoms with van der Waals surface area (Å²) in [5, 5.41) is 31.6. The van der Waals surface area contributed by atoms with E-state index < -0.39 is 82.7 Å². The van der Waals surface area contributed by atoms with Crippen LogP contribution in [0.15, 0.2) is 0 Å². The summed E-state index contributed by atoms with van der Waals surface area (Å²) in [5.74, 6) is -6.88. The molecular formula is C60H89NO16. The zero-order valence-corrected chi connectivity index (χ0v) is 46.9. The van der Waals surface area contributed by atoms with Gasteiger partial charge < -0.3 is 43.7 Å². The molecule has 0 aromatic rings. The van der Waals surface area contributed by atoms with E-state index in [4.69, 9.17) is 28.4 Å². The van der Waals surface area contributed by atoms with Gasteiger partial charge in [0.05, 0.1) is 61.2 Å². The molecule has 3 N–H and O–H groups in total. The lowest BCUT2D eigenvalue weighted by atomic mass is 9.58. The molecule has 0 spiro atoms. The van der Waals surface area contributed by atoms with E-state index in [0.29, 0.717) is 69.2 Å². The number of aliphatic hydroxyl groups is 2. The maximum atomic E-state index is 14.7. The first-order chi connectivity index (χ1) is 36.4. The van der Waals surface area contributed by atoms with Crippen LogP contribution in [0, 0.1) is 136 Å². The van der Waals surface area contributed by atoms with Gasteiger partial charge in [0, 0.05) is 19.6 Å². The first kappa shape index (κ1) is 56.6. The molecule has 10 aliphatic rings. The Labute approximate surface area is 454 Å². The van der Waals surface area contributed by atoms with Gasteiger partial charge >= 0.3 is 41.8 Å². The highest BCUT2D eigenvalue weighted by Crippen LogP contribution is 2.69. The summed E-state index contributed by atoms with van der Waals surface area (Å²) in [6.07, 6.45) is 6.89. The van der Waals surface area contributed by atoms with Crippen LogP contribution in [-0.4, -0.2) is 132 Å². The summed E-state index contributed by atoms with van der Waals surface area (Å²) in [6.45, 7) is 17.3. The Balaban J connectivity index is 0.959. The summed E-state index contributed by atoms with van der Waals surface area (Å²) in [5.41, 5.74) is -1.46. The van der Waals surface area contributed by atoms with Crippen LogP contribution in [-0.2, 0) is 62.0 Å². The van der Waals surface area contributed by atoms with Gasteiger partial charge in [-0.25, -0.2) is 0 Å². The first-order valence-electron chi connectivity index (χ1n) is 29.8. The lowest BCUT2D eigenvalue weighted by Crippen LogP contribution is -2.47. The Morgan fingerprint density at radius 3 is 1.69 bits per heavy atom. The first-order valence-corrected chi connectivity index (χ1v) is 29.8. The molecule has 8 bridgehead atoms. The van der Waals surface area contributed by atoms with Gasteiger partial charge in [-0.2, -0.15) is 0 Å². The highest BCUT2D eigenvalue weighted by atomic mass is 16.6. The number of hydrogen-bond acceptors (Lipinski definition) is 16. The Kier molecular flexibility index (Phi) is 16.2. The average molecular weight is 1080 g/mol. The van der Waals surface area contributed by atoms with Crippen LogP contribution in [0.5, 0.6) is 0 Å². The summed E-state index contributed by atoms with van der Waals surface area (Å²) >= 11 is 0. The van der Waals surface area contributed by atoms with E-state index >= 15 is 0 Å². The summed E-state index contributed by atoms with van der Waals surface area (Å²) in [7, 11) is 0. The number of fused-ring (bicyclic) bond motifs is 8. The predicted octanol–water partition coefficient (Wildman–Crippen LogP) is 6.22. The van der Waals surface area contributed by atoms with E-state index in [1.807, 2.05) is 20.8 Å². The minimum absolute atomic E-state index is 0.0557. The van der Waals surface area contributed by atoms with Crippen molar-refractivity contribution in [2.75, 3.05) is 52.7 Å². The lowest BCUT2D eigenvalue weighted by molar-refractivity contribution is -0.175. The van der Waals surface area contributed by atoms with E-state index in [0.717, 1.165) is 44.9 Å². The third kappa shape index (κ3) is 11.1. The molecule has 0 aromatic carbocycles. The van der Waals surface area contributed by atoms with E-state index in [2.05, 4.69) is 11.8 Å². The molecule has 0 amide bonds. The van der Waals surface area contributed by atoms with Crippen LogP contribution in [0.3, 0.4) is 0 Å². The minimum atomic E-state index is -0.974. The standard InChI is InChI=1S/C60H89NO16/c1-28-30-15-38(49(16-30)56(69)76-59(3,4)5)34(28)21-36-32-18-40(48(20-32)54(67)73-14-11-62)41(36)23-37-31-17-39(47(19-31)52(64)65)42(37)24-44-43(22-35-29(2)53(66)75-55(35)68)45-25-46(44)51(58(71)77-60(6,7)8)50(45)57(70)74-27-33(63)26-61-9-12-72-13-10-61/h28-51,62-63H,9-27H2,1-8H3,(H,64,65). The van der Waals surface area contributed by atoms with E-state index in [1.54, 1.807) is 27.7 Å². The number of morpholine rings is 1. The number of cyclic esters (lactones) is 2. The number of nitrogens with zero attached hydrogens (tertiary/aromatic N) is 1. The number of carbonyl (C=O) groups excluding carboxylic acids is 6. The summed E-state index contributed by atoms with van der Waals surface area (Å²) < 4.78 is 34.5. The van der Waals surface area contributed by atoms with Gasteiger partial charge in [-0.15, -0.1) is 0 Å². The van der Waals surface area contributed by atoms with Crippen LogP contribution in [0.4, 0.5) is 0 Å². The Bertz CT molecular complexity index is 2250. The van der Waals surface area contributed by atoms with Crippen LogP contribution in [0.1, 0.15) is 126 Å². The minimum Gasteiger partial charge on any atom is -0.481 e. The lowest BCUT2D eigenvalue weighted by Gasteiger charge is -2.46. The molecule has 8 aliphatic carbocycles. The molecule has 2 saturated heterocycles. The Hall–Kier alpha value is -3.67. The van der Waals surface area contributed by atoms with Crippen LogP contribution < -0.4 is 0 Å². The molecule has 17 nitrogen and oxygen atoms in total. The molecule has 24 atom stereocenters. The normalized spacial score (nSPS) is 43.2. The van der Waals surface area contributed by atoms with Crippen molar-refractivity contribution in [1.82, 2.24) is 4.90 Å².